The fraction of sp³-hybridized carbons (Fsp3) is 0.0435. The summed E-state index contributed by atoms with van der Waals surface area (Å²) < 4.78 is 2.76. The van der Waals surface area contributed by atoms with Crippen LogP contribution in [0.4, 0.5) is 11.5 Å². The number of nitrogens with one attached hydrogen (secondary N) is 3. The van der Waals surface area contributed by atoms with Crippen molar-refractivity contribution in [3.05, 3.63) is 93.7 Å². The monoisotopic (exact) mass is 539 g/mol. The average Bonchev–Trinajstić information content (AvgIpc) is 2.84. The lowest BCUT2D eigenvalue weighted by atomic mass is 10.2. The molecule has 166 valence electrons. The van der Waals surface area contributed by atoms with E-state index in [4.69, 9.17) is 12.2 Å². The van der Waals surface area contributed by atoms with E-state index in [0.29, 0.717) is 26.6 Å². The molecule has 4 aromatic rings. The molecule has 10 heteroatoms. The van der Waals surface area contributed by atoms with Gasteiger partial charge in [-0.05, 0) is 42.5 Å². The quantitative estimate of drug-likeness (QED) is 0.241. The number of carbonyl (C=O) groups excluding carboxylic acids is 1. The molecular weight excluding hydrogens is 522 g/mol. The van der Waals surface area contributed by atoms with Crippen molar-refractivity contribution in [2.24, 2.45) is 0 Å². The molecule has 0 saturated carbocycles. The van der Waals surface area contributed by atoms with E-state index in [1.807, 2.05) is 48.5 Å². The molecule has 0 saturated heterocycles. The van der Waals surface area contributed by atoms with Crippen LogP contribution in [0.3, 0.4) is 0 Å². The SMILES string of the molecule is O=C(CSC(=S)Nc1ccc(Br)cc1)NNc1nn(-c2ccccc2)c(=O)c2ccccc12. The minimum Gasteiger partial charge on any atom is -0.341 e. The first-order chi connectivity index (χ1) is 16.0. The zero-order valence-electron chi connectivity index (χ0n) is 17.1. The Morgan fingerprint density at radius 3 is 2.36 bits per heavy atom. The van der Waals surface area contributed by atoms with Gasteiger partial charge in [0.25, 0.3) is 5.56 Å². The summed E-state index contributed by atoms with van der Waals surface area (Å²) in [6.07, 6.45) is 0. The fourth-order valence-electron chi connectivity index (χ4n) is 3.01. The minimum atomic E-state index is -0.289. The number of fused-ring (bicyclic) bond motifs is 1. The van der Waals surface area contributed by atoms with Gasteiger partial charge in [-0.1, -0.05) is 76.3 Å². The molecule has 0 spiro atoms. The highest BCUT2D eigenvalue weighted by molar-refractivity contribution is 9.10. The molecule has 1 heterocycles. The Labute approximate surface area is 207 Å². The van der Waals surface area contributed by atoms with Gasteiger partial charge in [0.15, 0.2) is 5.82 Å². The van der Waals surface area contributed by atoms with Crippen molar-refractivity contribution >= 4 is 72.4 Å². The van der Waals surface area contributed by atoms with Crippen LogP contribution >= 0.6 is 39.9 Å². The number of hydrazine groups is 1. The first-order valence-electron chi connectivity index (χ1n) is 9.83. The van der Waals surface area contributed by atoms with Gasteiger partial charge in [0.05, 0.1) is 16.8 Å². The second-order valence-corrected chi connectivity index (χ2v) is 9.40. The van der Waals surface area contributed by atoms with Crippen LogP contribution in [0, 0.1) is 0 Å². The minimum absolute atomic E-state index is 0.103. The maximum absolute atomic E-state index is 12.9. The topological polar surface area (TPSA) is 88.1 Å². The molecule has 33 heavy (non-hydrogen) atoms. The van der Waals surface area contributed by atoms with Crippen LogP contribution in [0.15, 0.2) is 88.1 Å². The summed E-state index contributed by atoms with van der Waals surface area (Å²) >= 11 is 9.89. The average molecular weight is 540 g/mol. The van der Waals surface area contributed by atoms with Crippen molar-refractivity contribution < 1.29 is 4.79 Å². The molecule has 1 amide bonds. The number of hydrogen-bond acceptors (Lipinski definition) is 6. The van der Waals surface area contributed by atoms with Crippen LogP contribution in [0.1, 0.15) is 0 Å². The van der Waals surface area contributed by atoms with Crippen LogP contribution in [-0.2, 0) is 4.79 Å². The second kappa shape index (κ2) is 10.6. The lowest BCUT2D eigenvalue weighted by Crippen LogP contribution is -2.33. The van der Waals surface area contributed by atoms with E-state index >= 15 is 0 Å². The Morgan fingerprint density at radius 1 is 0.970 bits per heavy atom. The van der Waals surface area contributed by atoms with Gasteiger partial charge < -0.3 is 5.32 Å². The molecule has 0 aliphatic rings. The number of anilines is 2. The van der Waals surface area contributed by atoms with Gasteiger partial charge in [-0.25, -0.2) is 0 Å². The number of halogens is 1. The maximum atomic E-state index is 12.9. The van der Waals surface area contributed by atoms with Gasteiger partial charge in [-0.15, -0.1) is 5.10 Å². The molecular formula is C23H18BrN5O2S2. The highest BCUT2D eigenvalue weighted by Gasteiger charge is 2.12. The Balaban J connectivity index is 1.44. The van der Waals surface area contributed by atoms with E-state index in [9.17, 15) is 9.59 Å². The molecule has 3 aromatic carbocycles. The zero-order valence-corrected chi connectivity index (χ0v) is 20.3. The van der Waals surface area contributed by atoms with Gasteiger partial charge in [0, 0.05) is 15.5 Å². The Hall–Kier alpha value is -3.21. The van der Waals surface area contributed by atoms with Crippen molar-refractivity contribution in [3.8, 4) is 5.69 Å². The van der Waals surface area contributed by atoms with Crippen LogP contribution in [0.2, 0.25) is 0 Å². The number of nitrogens with zero attached hydrogens (tertiary/aromatic N) is 2. The van der Waals surface area contributed by atoms with Crippen LogP contribution in [-0.4, -0.2) is 25.8 Å². The van der Waals surface area contributed by atoms with Crippen molar-refractivity contribution in [2.45, 2.75) is 0 Å². The smallest absolute Gasteiger partial charge is 0.279 e. The third-order valence-electron chi connectivity index (χ3n) is 4.55. The van der Waals surface area contributed by atoms with Crippen LogP contribution in [0.25, 0.3) is 16.5 Å². The number of carbonyl (C=O) groups is 1. The number of hydrogen-bond donors (Lipinski definition) is 3. The molecule has 3 N–H and O–H groups in total. The van der Waals surface area contributed by atoms with Crippen LogP contribution in [0.5, 0.6) is 0 Å². The number of thiocarbonyl (C=S) groups is 1. The van der Waals surface area contributed by atoms with Crippen molar-refractivity contribution in [1.82, 2.24) is 15.2 Å². The van der Waals surface area contributed by atoms with Gasteiger partial charge >= 0.3 is 0 Å². The van der Waals surface area contributed by atoms with Gasteiger partial charge in [0.1, 0.15) is 4.32 Å². The summed E-state index contributed by atoms with van der Waals surface area (Å²) in [6, 6.07) is 23.8. The van der Waals surface area contributed by atoms with Gasteiger partial charge in [-0.3, -0.25) is 20.4 Å². The Morgan fingerprint density at radius 2 is 1.64 bits per heavy atom. The molecule has 0 fully saturated rings. The van der Waals surface area contributed by atoms with E-state index in [1.54, 1.807) is 30.3 Å². The maximum Gasteiger partial charge on any atom is 0.279 e. The molecule has 0 atom stereocenters. The number of thioether (sulfide) groups is 1. The third kappa shape index (κ3) is 5.78. The third-order valence-corrected chi connectivity index (χ3v) is 6.31. The van der Waals surface area contributed by atoms with Gasteiger partial charge in [-0.2, -0.15) is 4.68 Å². The summed E-state index contributed by atoms with van der Waals surface area (Å²) in [5.41, 5.74) is 6.71. The summed E-state index contributed by atoms with van der Waals surface area (Å²) in [5.74, 6) is 0.178. The van der Waals surface area contributed by atoms with Gasteiger partial charge in [0.2, 0.25) is 5.91 Å². The molecule has 0 unspecified atom stereocenters. The molecule has 0 bridgehead atoms. The number of aromatic nitrogens is 2. The Bertz CT molecular complexity index is 1360. The summed E-state index contributed by atoms with van der Waals surface area (Å²) in [4.78, 5) is 25.3. The molecule has 4 rings (SSSR count). The zero-order chi connectivity index (χ0) is 23.2. The summed E-state index contributed by atoms with van der Waals surface area (Å²) in [7, 11) is 0. The number of amides is 1. The predicted octanol–water partition coefficient (Wildman–Crippen LogP) is 4.72. The highest BCUT2D eigenvalue weighted by atomic mass is 79.9. The first kappa shape index (κ1) is 23.0. The van der Waals surface area contributed by atoms with Crippen molar-refractivity contribution in [1.29, 1.82) is 0 Å². The fourth-order valence-corrected chi connectivity index (χ4v) is 4.09. The molecule has 0 aliphatic heterocycles. The van der Waals surface area contributed by atoms with E-state index in [1.165, 1.54) is 16.4 Å². The number of benzene rings is 3. The van der Waals surface area contributed by atoms with Crippen molar-refractivity contribution in [2.75, 3.05) is 16.5 Å². The lowest BCUT2D eigenvalue weighted by molar-refractivity contribution is -0.118. The molecule has 1 aromatic heterocycles. The molecule has 7 nitrogen and oxygen atoms in total. The summed E-state index contributed by atoms with van der Waals surface area (Å²) in [5, 5.41) is 8.60. The standard InChI is InChI=1S/C23H18BrN5O2S2/c24-15-10-12-16(13-11-15)25-23(32)33-14-20(30)26-27-21-18-8-4-5-9-19(18)22(31)29(28-21)17-6-2-1-3-7-17/h1-13H,14H2,(H,25,32)(H,26,30)(H,27,28). The second-order valence-electron chi connectivity index (χ2n) is 6.83. The van der Waals surface area contributed by atoms with E-state index in [0.717, 1.165) is 10.2 Å². The normalized spacial score (nSPS) is 10.6. The van der Waals surface area contributed by atoms with E-state index in [2.05, 4.69) is 37.2 Å². The van der Waals surface area contributed by atoms with Crippen LogP contribution < -0.4 is 21.7 Å². The predicted molar refractivity (Wildman–Crippen MR) is 142 cm³/mol. The Kier molecular flexibility index (Phi) is 7.38. The first-order valence-corrected chi connectivity index (χ1v) is 12.0. The molecule has 0 radical (unpaired) electrons. The van der Waals surface area contributed by atoms with E-state index < -0.39 is 0 Å². The number of rotatable bonds is 6. The molecule has 0 aliphatic carbocycles. The van der Waals surface area contributed by atoms with E-state index in [-0.39, 0.29) is 17.2 Å². The lowest BCUT2D eigenvalue weighted by Gasteiger charge is -2.13. The largest absolute Gasteiger partial charge is 0.341 e. The highest BCUT2D eigenvalue weighted by Crippen LogP contribution is 2.19. The van der Waals surface area contributed by atoms with Crippen molar-refractivity contribution in [3.63, 3.8) is 0 Å². The number of para-hydroxylation sites is 1. The summed E-state index contributed by atoms with van der Waals surface area (Å²) in [6.45, 7) is 0.